The maximum atomic E-state index is 11.1. The SMILES string of the molecule is CCCCCCCCCCCCCCCC[N+](C)(C)NC(C)=O.[OH-]. The first-order valence-electron chi connectivity index (χ1n) is 10.1. The average molecular weight is 345 g/mol. The van der Waals surface area contributed by atoms with Gasteiger partial charge in [0.1, 0.15) is 6.54 Å². The number of nitrogens with one attached hydrogen (secondary N) is 1. The van der Waals surface area contributed by atoms with Gasteiger partial charge in [0.25, 0.3) is 5.91 Å². The van der Waals surface area contributed by atoms with Crippen LogP contribution in [0.1, 0.15) is 104 Å². The van der Waals surface area contributed by atoms with Crippen LogP contribution in [0.3, 0.4) is 0 Å². The molecule has 24 heavy (non-hydrogen) atoms. The quantitative estimate of drug-likeness (QED) is 0.231. The van der Waals surface area contributed by atoms with Crippen molar-refractivity contribution in [3.05, 3.63) is 0 Å². The van der Waals surface area contributed by atoms with Crippen molar-refractivity contribution in [2.45, 2.75) is 104 Å². The molecule has 2 N–H and O–H groups in total. The molecule has 0 bridgehead atoms. The zero-order chi connectivity index (χ0) is 17.4. The summed E-state index contributed by atoms with van der Waals surface area (Å²) in [6.45, 7) is 4.89. The van der Waals surface area contributed by atoms with Crippen molar-refractivity contribution in [3.8, 4) is 0 Å². The Morgan fingerprint density at radius 2 is 1.04 bits per heavy atom. The highest BCUT2D eigenvalue weighted by Crippen LogP contribution is 2.13. The second-order valence-electron chi connectivity index (χ2n) is 7.67. The maximum absolute atomic E-state index is 11.1. The van der Waals surface area contributed by atoms with Gasteiger partial charge in [-0.1, -0.05) is 84.0 Å². The number of carbonyl (C=O) groups excluding carboxylic acids is 1. The smallest absolute Gasteiger partial charge is 0.261 e. The Morgan fingerprint density at radius 1 is 0.708 bits per heavy atom. The summed E-state index contributed by atoms with van der Waals surface area (Å²) in [5.41, 5.74) is 2.96. The Balaban J connectivity index is 0. The fraction of sp³-hybridized carbons (Fsp3) is 0.950. The zero-order valence-electron chi connectivity index (χ0n) is 16.9. The van der Waals surface area contributed by atoms with E-state index in [1.807, 2.05) is 0 Å². The molecule has 0 atom stereocenters. The Morgan fingerprint density at radius 3 is 1.38 bits per heavy atom. The predicted octanol–water partition coefficient (Wildman–Crippen LogP) is 5.42. The highest BCUT2D eigenvalue weighted by atomic mass is 16.2. The number of hydrogen-bond donors (Lipinski definition) is 1. The van der Waals surface area contributed by atoms with E-state index >= 15 is 0 Å². The number of nitrogens with zero attached hydrogens (tertiary/aromatic N) is 1. The van der Waals surface area contributed by atoms with Crippen LogP contribution in [0, 0.1) is 0 Å². The van der Waals surface area contributed by atoms with Crippen LogP contribution < -0.4 is 5.43 Å². The van der Waals surface area contributed by atoms with Gasteiger partial charge in [0.15, 0.2) is 0 Å². The molecule has 4 heteroatoms. The monoisotopic (exact) mass is 344 g/mol. The summed E-state index contributed by atoms with van der Waals surface area (Å²) in [5, 5.41) is 0. The van der Waals surface area contributed by atoms with E-state index in [1.165, 1.54) is 89.9 Å². The second-order valence-corrected chi connectivity index (χ2v) is 7.67. The number of hydrogen-bond acceptors (Lipinski definition) is 2. The molecule has 0 aromatic rings. The van der Waals surface area contributed by atoms with Crippen molar-refractivity contribution in [3.63, 3.8) is 0 Å². The molecule has 0 radical (unpaired) electrons. The third kappa shape index (κ3) is 19.4. The van der Waals surface area contributed by atoms with Crippen molar-refractivity contribution < 1.29 is 14.9 Å². The van der Waals surface area contributed by atoms with Crippen molar-refractivity contribution in [1.82, 2.24) is 5.43 Å². The summed E-state index contributed by atoms with van der Waals surface area (Å²) >= 11 is 0. The Hall–Kier alpha value is -0.610. The Labute approximate surface area is 151 Å². The summed E-state index contributed by atoms with van der Waals surface area (Å²) in [4.78, 5) is 11.1. The molecule has 4 nitrogen and oxygen atoms in total. The molecule has 0 unspecified atom stereocenters. The number of amides is 1. The summed E-state index contributed by atoms with van der Waals surface area (Å²) in [5.74, 6) is 0.0559. The highest BCUT2D eigenvalue weighted by molar-refractivity contribution is 5.71. The van der Waals surface area contributed by atoms with Gasteiger partial charge in [-0.25, -0.2) is 10.0 Å². The van der Waals surface area contributed by atoms with E-state index in [0.29, 0.717) is 4.59 Å². The molecule has 0 aromatic carbocycles. The van der Waals surface area contributed by atoms with Crippen LogP contribution in [0.4, 0.5) is 0 Å². The molecule has 0 heterocycles. The second kappa shape index (κ2) is 17.2. The van der Waals surface area contributed by atoms with E-state index in [1.54, 1.807) is 6.92 Å². The lowest BCUT2D eigenvalue weighted by atomic mass is 10.0. The molecule has 0 spiro atoms. The van der Waals surface area contributed by atoms with Crippen LogP contribution in [0.15, 0.2) is 0 Å². The van der Waals surface area contributed by atoms with Crippen LogP contribution in [0.5, 0.6) is 0 Å². The van der Waals surface area contributed by atoms with E-state index in [9.17, 15) is 4.79 Å². The molecule has 0 aliphatic rings. The van der Waals surface area contributed by atoms with Crippen molar-refractivity contribution in [2.24, 2.45) is 0 Å². The molecule has 0 aliphatic heterocycles. The first-order chi connectivity index (χ1) is 11.0. The molecular weight excluding hydrogens is 300 g/mol. The number of unbranched alkanes of at least 4 members (excludes halogenated alkanes) is 13. The van der Waals surface area contributed by atoms with E-state index in [4.69, 9.17) is 0 Å². The number of carbonyl (C=O) groups is 1. The lowest BCUT2D eigenvalue weighted by Gasteiger charge is -2.28. The van der Waals surface area contributed by atoms with Gasteiger partial charge in [0, 0.05) is 6.92 Å². The minimum absolute atomic E-state index is 0. The maximum Gasteiger partial charge on any atom is 0.261 e. The van der Waals surface area contributed by atoms with Gasteiger partial charge < -0.3 is 5.48 Å². The minimum Gasteiger partial charge on any atom is -0.870 e. The summed E-state index contributed by atoms with van der Waals surface area (Å²) in [6.07, 6.45) is 19.4. The molecule has 0 rings (SSSR count). The molecular formula is C20H44N2O2. The minimum atomic E-state index is 0. The van der Waals surface area contributed by atoms with Gasteiger partial charge >= 0.3 is 0 Å². The molecule has 0 saturated carbocycles. The van der Waals surface area contributed by atoms with Gasteiger partial charge in [0.05, 0.1) is 14.1 Å². The van der Waals surface area contributed by atoms with E-state index < -0.39 is 0 Å². The standard InChI is InChI=1S/C20H42N2O.H2O/c1-5-6-7-8-9-10-11-12-13-14-15-16-17-18-19-22(3,4)21-20(2)23;/h5-19H2,1-4H3;1H2. The van der Waals surface area contributed by atoms with Gasteiger partial charge in [-0.2, -0.15) is 0 Å². The molecule has 0 saturated heterocycles. The Kier molecular flexibility index (Phi) is 18.4. The third-order valence-electron chi connectivity index (χ3n) is 4.53. The fourth-order valence-corrected chi connectivity index (χ4v) is 3.18. The first-order valence-corrected chi connectivity index (χ1v) is 10.1. The number of quaternary nitrogens is 1. The summed E-state index contributed by atoms with van der Waals surface area (Å²) in [6, 6.07) is 0. The summed E-state index contributed by atoms with van der Waals surface area (Å²) < 4.78 is 0.605. The normalized spacial score (nSPS) is 11.2. The van der Waals surface area contributed by atoms with Crippen LogP contribution >= 0.6 is 0 Å². The average Bonchev–Trinajstić information content (AvgIpc) is 2.46. The predicted molar refractivity (Wildman–Crippen MR) is 103 cm³/mol. The molecule has 0 fully saturated rings. The van der Waals surface area contributed by atoms with Crippen LogP contribution in [0.2, 0.25) is 0 Å². The highest BCUT2D eigenvalue weighted by Gasteiger charge is 2.15. The first kappa shape index (κ1) is 25.6. The van der Waals surface area contributed by atoms with E-state index in [0.717, 1.165) is 6.54 Å². The Bertz CT molecular complexity index is 281. The van der Waals surface area contributed by atoms with Crippen LogP contribution in [-0.2, 0) is 4.79 Å². The summed E-state index contributed by atoms with van der Waals surface area (Å²) in [7, 11) is 4.12. The largest absolute Gasteiger partial charge is 0.870 e. The van der Waals surface area contributed by atoms with Gasteiger partial charge in [-0.3, -0.25) is 4.79 Å². The van der Waals surface area contributed by atoms with E-state index in [-0.39, 0.29) is 11.4 Å². The van der Waals surface area contributed by atoms with Crippen LogP contribution in [0.25, 0.3) is 0 Å². The van der Waals surface area contributed by atoms with Crippen LogP contribution in [-0.4, -0.2) is 36.6 Å². The third-order valence-corrected chi connectivity index (χ3v) is 4.53. The lowest BCUT2D eigenvalue weighted by molar-refractivity contribution is -0.925. The van der Waals surface area contributed by atoms with Crippen molar-refractivity contribution in [2.75, 3.05) is 20.6 Å². The topological polar surface area (TPSA) is 59.1 Å². The van der Waals surface area contributed by atoms with Gasteiger partial charge in [-0.05, 0) is 12.8 Å². The van der Waals surface area contributed by atoms with E-state index in [2.05, 4.69) is 26.4 Å². The van der Waals surface area contributed by atoms with Crippen molar-refractivity contribution in [1.29, 1.82) is 0 Å². The zero-order valence-corrected chi connectivity index (χ0v) is 16.9. The molecule has 1 amide bonds. The fourth-order valence-electron chi connectivity index (χ4n) is 3.18. The van der Waals surface area contributed by atoms with Gasteiger partial charge in [0.2, 0.25) is 0 Å². The molecule has 0 aromatic heterocycles. The van der Waals surface area contributed by atoms with Gasteiger partial charge in [-0.15, -0.1) is 0 Å². The molecule has 146 valence electrons. The molecule has 0 aliphatic carbocycles. The number of rotatable bonds is 16. The lowest BCUT2D eigenvalue weighted by Crippen LogP contribution is -2.54. The van der Waals surface area contributed by atoms with Crippen molar-refractivity contribution >= 4 is 5.91 Å².